The largest absolute Gasteiger partial charge is 0.243 e. The van der Waals surface area contributed by atoms with Crippen LogP contribution in [-0.2, 0) is 10.0 Å². The number of benzene rings is 1. The Morgan fingerprint density at radius 1 is 1.28 bits per heavy atom. The molecule has 3 nitrogen and oxygen atoms in total. The fourth-order valence-corrected chi connectivity index (χ4v) is 3.89. The van der Waals surface area contributed by atoms with Gasteiger partial charge in [0.05, 0.1) is 4.90 Å². The lowest BCUT2D eigenvalue weighted by molar-refractivity contribution is 0.286. The summed E-state index contributed by atoms with van der Waals surface area (Å²) < 4.78 is 26.4. The maximum absolute atomic E-state index is 12.4. The molecule has 2 unspecified atom stereocenters. The summed E-state index contributed by atoms with van der Waals surface area (Å²) in [5.74, 6) is 0.195. The fraction of sp³-hybridized carbons (Fsp3) is 0.538. The van der Waals surface area contributed by atoms with E-state index in [4.69, 9.17) is 11.6 Å². The number of alkyl halides is 1. The van der Waals surface area contributed by atoms with Gasteiger partial charge in [-0.05, 0) is 31.4 Å². The highest BCUT2D eigenvalue weighted by Gasteiger charge is 2.32. The first-order valence-corrected chi connectivity index (χ1v) is 8.00. The number of aryl methyl sites for hydroxylation is 1. The molecular weight excluding hydrogens is 270 g/mol. The second-order valence-corrected chi connectivity index (χ2v) is 7.46. The summed E-state index contributed by atoms with van der Waals surface area (Å²) in [6.45, 7) is 4.95. The smallest absolute Gasteiger partial charge is 0.207 e. The van der Waals surface area contributed by atoms with Crippen LogP contribution in [0.5, 0.6) is 0 Å². The minimum absolute atomic E-state index is 0.0782. The zero-order valence-electron chi connectivity index (χ0n) is 10.6. The number of nitrogens with zero attached hydrogens (tertiary/aromatic N) is 1. The Bertz CT molecular complexity index is 512. The molecule has 0 saturated carbocycles. The van der Waals surface area contributed by atoms with Crippen LogP contribution in [-0.4, -0.2) is 31.2 Å². The van der Waals surface area contributed by atoms with E-state index in [1.54, 1.807) is 16.4 Å². The molecule has 0 radical (unpaired) electrons. The number of rotatable bonds is 2. The van der Waals surface area contributed by atoms with E-state index < -0.39 is 10.0 Å². The number of sulfonamides is 1. The first-order chi connectivity index (χ1) is 8.41. The molecule has 0 aromatic heterocycles. The van der Waals surface area contributed by atoms with Gasteiger partial charge >= 0.3 is 0 Å². The van der Waals surface area contributed by atoms with Crippen molar-refractivity contribution in [2.75, 3.05) is 13.1 Å². The van der Waals surface area contributed by atoms with Crippen LogP contribution in [0.2, 0.25) is 0 Å². The van der Waals surface area contributed by atoms with Gasteiger partial charge in [-0.15, -0.1) is 11.6 Å². The quantitative estimate of drug-likeness (QED) is 0.784. The molecule has 100 valence electrons. The molecule has 0 spiro atoms. The normalized spacial score (nSPS) is 26.2. The molecule has 5 heteroatoms. The zero-order valence-corrected chi connectivity index (χ0v) is 12.2. The van der Waals surface area contributed by atoms with Crippen LogP contribution in [0.15, 0.2) is 29.2 Å². The molecule has 2 rings (SSSR count). The summed E-state index contributed by atoms with van der Waals surface area (Å²) in [5.41, 5.74) is 1.06. The first kappa shape index (κ1) is 13.8. The molecule has 2 atom stereocenters. The standard InChI is InChI=1S/C13H18ClNO2S/c1-10-3-5-12(6-4-10)18(16,17)15-8-7-13(14)11(2)9-15/h3-6,11,13H,7-9H2,1-2H3. The minimum atomic E-state index is -3.36. The average Bonchev–Trinajstić information content (AvgIpc) is 2.33. The Kier molecular flexibility index (Phi) is 3.99. The number of halogens is 1. The van der Waals surface area contributed by atoms with Crippen molar-refractivity contribution in [1.82, 2.24) is 4.31 Å². The Labute approximate surface area is 114 Å². The predicted molar refractivity (Wildman–Crippen MR) is 73.4 cm³/mol. The fourth-order valence-electron chi connectivity index (χ4n) is 2.16. The van der Waals surface area contributed by atoms with Gasteiger partial charge in [-0.3, -0.25) is 0 Å². The van der Waals surface area contributed by atoms with Gasteiger partial charge < -0.3 is 0 Å². The lowest BCUT2D eigenvalue weighted by Gasteiger charge is -2.33. The molecule has 1 fully saturated rings. The number of hydrogen-bond donors (Lipinski definition) is 0. The van der Waals surface area contributed by atoms with E-state index in [1.165, 1.54) is 0 Å². The van der Waals surface area contributed by atoms with E-state index in [1.807, 2.05) is 26.0 Å². The van der Waals surface area contributed by atoms with Gasteiger partial charge in [0.15, 0.2) is 0 Å². The van der Waals surface area contributed by atoms with Crippen LogP contribution < -0.4 is 0 Å². The molecule has 1 aliphatic rings. The molecule has 1 heterocycles. The molecule has 0 N–H and O–H groups in total. The van der Waals surface area contributed by atoms with Crippen molar-refractivity contribution in [3.8, 4) is 0 Å². The highest BCUT2D eigenvalue weighted by atomic mass is 35.5. The monoisotopic (exact) mass is 287 g/mol. The molecule has 1 aromatic carbocycles. The van der Waals surface area contributed by atoms with Gasteiger partial charge in [0.1, 0.15) is 0 Å². The Balaban J connectivity index is 2.24. The lowest BCUT2D eigenvalue weighted by Crippen LogP contribution is -2.43. The van der Waals surface area contributed by atoms with E-state index in [9.17, 15) is 8.42 Å². The van der Waals surface area contributed by atoms with Gasteiger partial charge in [-0.25, -0.2) is 8.42 Å². The third-order valence-corrected chi connectivity index (χ3v) is 5.95. The van der Waals surface area contributed by atoms with Crippen molar-refractivity contribution in [3.63, 3.8) is 0 Å². The van der Waals surface area contributed by atoms with Crippen molar-refractivity contribution < 1.29 is 8.42 Å². The molecule has 0 aliphatic carbocycles. The van der Waals surface area contributed by atoms with Gasteiger partial charge in [-0.1, -0.05) is 24.6 Å². The Morgan fingerprint density at radius 2 is 1.89 bits per heavy atom. The van der Waals surface area contributed by atoms with Crippen LogP contribution in [0.1, 0.15) is 18.9 Å². The molecule has 1 aromatic rings. The van der Waals surface area contributed by atoms with Crippen molar-refractivity contribution in [1.29, 1.82) is 0 Å². The highest BCUT2D eigenvalue weighted by molar-refractivity contribution is 7.89. The second-order valence-electron chi connectivity index (χ2n) is 4.96. The summed E-state index contributed by atoms with van der Waals surface area (Å²) in [5, 5.41) is 0.0782. The third-order valence-electron chi connectivity index (χ3n) is 3.42. The number of hydrogen-bond acceptors (Lipinski definition) is 2. The molecule has 1 aliphatic heterocycles. The maximum Gasteiger partial charge on any atom is 0.243 e. The van der Waals surface area contributed by atoms with Gasteiger partial charge in [0.2, 0.25) is 10.0 Å². The summed E-state index contributed by atoms with van der Waals surface area (Å²) in [4.78, 5) is 0.369. The molecule has 18 heavy (non-hydrogen) atoms. The van der Waals surface area contributed by atoms with Gasteiger partial charge in [0.25, 0.3) is 0 Å². The first-order valence-electron chi connectivity index (χ1n) is 6.12. The second kappa shape index (κ2) is 5.19. The van der Waals surface area contributed by atoms with Crippen LogP contribution in [0.3, 0.4) is 0 Å². The molecule has 0 bridgehead atoms. The van der Waals surface area contributed by atoms with Crippen molar-refractivity contribution in [3.05, 3.63) is 29.8 Å². The summed E-state index contributed by atoms with van der Waals surface area (Å²) in [7, 11) is -3.36. The third kappa shape index (κ3) is 2.71. The SMILES string of the molecule is Cc1ccc(S(=O)(=O)N2CCC(Cl)C(C)C2)cc1. The average molecular weight is 288 g/mol. The Hall–Kier alpha value is -0.580. The van der Waals surface area contributed by atoms with Gasteiger partial charge in [-0.2, -0.15) is 4.31 Å². The van der Waals surface area contributed by atoms with E-state index in [2.05, 4.69) is 0 Å². The lowest BCUT2D eigenvalue weighted by atomic mass is 10.0. The topological polar surface area (TPSA) is 37.4 Å². The Morgan fingerprint density at radius 3 is 2.44 bits per heavy atom. The summed E-state index contributed by atoms with van der Waals surface area (Å²) in [6.07, 6.45) is 0.716. The van der Waals surface area contributed by atoms with E-state index in [0.717, 1.165) is 5.56 Å². The minimum Gasteiger partial charge on any atom is -0.207 e. The van der Waals surface area contributed by atoms with Crippen molar-refractivity contribution >= 4 is 21.6 Å². The van der Waals surface area contributed by atoms with E-state index >= 15 is 0 Å². The zero-order chi connectivity index (χ0) is 13.3. The molecule has 0 amide bonds. The van der Waals surface area contributed by atoms with Crippen molar-refractivity contribution in [2.24, 2.45) is 5.92 Å². The van der Waals surface area contributed by atoms with E-state index in [0.29, 0.717) is 24.4 Å². The van der Waals surface area contributed by atoms with Gasteiger partial charge in [0, 0.05) is 18.5 Å². The van der Waals surface area contributed by atoms with Crippen LogP contribution in [0.25, 0.3) is 0 Å². The maximum atomic E-state index is 12.4. The summed E-state index contributed by atoms with van der Waals surface area (Å²) in [6, 6.07) is 6.99. The molecular formula is C13H18ClNO2S. The van der Waals surface area contributed by atoms with Crippen LogP contribution in [0.4, 0.5) is 0 Å². The van der Waals surface area contributed by atoms with Crippen molar-refractivity contribution in [2.45, 2.75) is 30.5 Å². The predicted octanol–water partition coefficient (Wildman–Crippen LogP) is 2.63. The van der Waals surface area contributed by atoms with Crippen LogP contribution in [0, 0.1) is 12.8 Å². The highest BCUT2D eigenvalue weighted by Crippen LogP contribution is 2.26. The number of piperidine rings is 1. The summed E-state index contributed by atoms with van der Waals surface area (Å²) >= 11 is 6.13. The molecule has 1 saturated heterocycles. The van der Waals surface area contributed by atoms with Crippen LogP contribution >= 0.6 is 11.6 Å². The van der Waals surface area contributed by atoms with E-state index in [-0.39, 0.29) is 11.3 Å².